The van der Waals surface area contributed by atoms with Gasteiger partial charge in [0.1, 0.15) is 26.2 Å². The summed E-state index contributed by atoms with van der Waals surface area (Å²) in [5, 5.41) is 0. The molecule has 0 fully saturated rings. The molecule has 0 spiro atoms. The third kappa shape index (κ3) is 31.6. The minimum atomic E-state index is 0. The van der Waals surface area contributed by atoms with Gasteiger partial charge in [-0.05, 0) is 0 Å². The van der Waals surface area contributed by atoms with E-state index >= 15 is 0 Å². The summed E-state index contributed by atoms with van der Waals surface area (Å²) in [7, 11) is 17.5. The summed E-state index contributed by atoms with van der Waals surface area (Å²) < 4.78 is 0. The summed E-state index contributed by atoms with van der Waals surface area (Å²) in [6.45, 7) is 5.06. The van der Waals surface area contributed by atoms with Gasteiger partial charge in [0.25, 0.3) is 0 Å². The average Bonchev–Trinajstić information content (AvgIpc) is 2.12. The van der Waals surface area contributed by atoms with Crippen molar-refractivity contribution in [3.63, 3.8) is 0 Å². The molecule has 0 aliphatic carbocycles. The Morgan fingerprint density at radius 3 is 0.588 bits per heavy atom. The molecule has 0 rings (SSSR count). The van der Waals surface area contributed by atoms with E-state index < -0.39 is 0 Å². The van der Waals surface area contributed by atoms with Crippen LogP contribution in [0.15, 0.2) is 0 Å². The molecular weight excluding hydrogens is 223 g/mol. The molecule has 0 amide bonds. The van der Waals surface area contributed by atoms with Gasteiger partial charge in [-0.3, -0.25) is 0 Å². The third-order valence-corrected chi connectivity index (χ3v) is 2.25. The van der Waals surface area contributed by atoms with Crippen LogP contribution in [-0.2, 0) is 0 Å². The molecule has 4 N–H and O–H groups in total. The van der Waals surface area contributed by atoms with Crippen molar-refractivity contribution in [1.29, 1.82) is 0 Å². The molecule has 0 radical (unpaired) electrons. The molecule has 17 heavy (non-hydrogen) atoms. The first kappa shape index (κ1) is 23.0. The molecule has 0 aromatic rings. The Kier molecular flexibility index (Phi) is 20.1. The normalized spacial score (nSPS) is 10.6. The molecule has 0 saturated carbocycles. The zero-order chi connectivity index (χ0) is 13.1. The van der Waals surface area contributed by atoms with Gasteiger partial charge in [-0.15, -0.1) is 0 Å². The van der Waals surface area contributed by atoms with Gasteiger partial charge in [0, 0.05) is 0 Å². The van der Waals surface area contributed by atoms with Crippen molar-refractivity contribution in [2.75, 3.05) is 82.6 Å². The van der Waals surface area contributed by atoms with Gasteiger partial charge in [-0.25, -0.2) is 0 Å². The van der Waals surface area contributed by atoms with Crippen molar-refractivity contribution in [1.82, 2.24) is 0 Å². The van der Waals surface area contributed by atoms with Crippen molar-refractivity contribution in [2.24, 2.45) is 0 Å². The van der Waals surface area contributed by atoms with Crippen LogP contribution in [0.2, 0.25) is 0 Å². The predicted octanol–water partition coefficient (Wildman–Crippen LogP) is -8.45. The van der Waals surface area contributed by atoms with Crippen LogP contribution in [0, 0.1) is 0 Å². The molecule has 4 nitrogen and oxygen atoms in total. The van der Waals surface area contributed by atoms with Crippen molar-refractivity contribution < 1.29 is 49.2 Å². The molecule has 0 aromatic heterocycles. The largest absolute Gasteiger partial charge is 1.00 e. The van der Waals surface area contributed by atoms with Crippen molar-refractivity contribution in [3.8, 4) is 0 Å². The van der Waals surface area contributed by atoms with E-state index in [4.69, 9.17) is 0 Å². The van der Waals surface area contributed by atoms with Crippen LogP contribution in [-0.4, -0.2) is 82.6 Å². The van der Waals surface area contributed by atoms with Gasteiger partial charge >= 0.3 is 29.6 Å². The first-order chi connectivity index (χ1) is 7.25. The Hall–Kier alpha value is 0.840. The zero-order valence-electron chi connectivity index (χ0n) is 13.8. The average molecular weight is 259 g/mol. The number of hydrogen-bond acceptors (Lipinski definition) is 0. The molecule has 5 heteroatoms. The summed E-state index contributed by atoms with van der Waals surface area (Å²) in [4.78, 5) is 6.13. The maximum atomic E-state index is 2.18. The van der Waals surface area contributed by atoms with E-state index in [2.05, 4.69) is 56.4 Å². The van der Waals surface area contributed by atoms with Crippen LogP contribution in [0.5, 0.6) is 0 Å². The van der Waals surface area contributed by atoms with Crippen molar-refractivity contribution >= 4 is 0 Å². The molecule has 0 aliphatic heterocycles. The van der Waals surface area contributed by atoms with E-state index in [1.165, 1.54) is 45.8 Å². The van der Waals surface area contributed by atoms with Gasteiger partial charge < -0.3 is 19.6 Å². The molecule has 0 unspecified atom stereocenters. The monoisotopic (exact) mass is 259 g/mol. The first-order valence-electron chi connectivity index (χ1n) is 6.41. The topological polar surface area (TPSA) is 17.8 Å². The van der Waals surface area contributed by atoms with Crippen LogP contribution >= 0.6 is 0 Å². The minimum Gasteiger partial charge on any atom is -0.335 e. The van der Waals surface area contributed by atoms with E-state index in [9.17, 15) is 0 Å². The fourth-order valence-electron chi connectivity index (χ4n) is 1.000. The van der Waals surface area contributed by atoms with Crippen LogP contribution in [0.25, 0.3) is 0 Å². The minimum absolute atomic E-state index is 0. The van der Waals surface area contributed by atoms with Crippen LogP contribution < -0.4 is 49.2 Å². The second-order valence-corrected chi connectivity index (χ2v) is 5.83. The van der Waals surface area contributed by atoms with Crippen LogP contribution in [0.3, 0.4) is 0 Å². The summed E-state index contributed by atoms with van der Waals surface area (Å²) in [5.74, 6) is 0. The molecular formula is C12H36N4Na+5. The van der Waals surface area contributed by atoms with Gasteiger partial charge in [0.15, 0.2) is 0 Å². The van der Waals surface area contributed by atoms with E-state index in [-0.39, 0.29) is 29.6 Å². The Balaban J connectivity index is -0.000000218. The summed E-state index contributed by atoms with van der Waals surface area (Å²) >= 11 is 0. The first-order valence-corrected chi connectivity index (χ1v) is 6.41. The van der Waals surface area contributed by atoms with Gasteiger partial charge in [0.05, 0.1) is 56.4 Å². The van der Waals surface area contributed by atoms with Gasteiger partial charge in [-0.2, -0.15) is 0 Å². The number of hydrogen-bond donors (Lipinski definition) is 4. The van der Waals surface area contributed by atoms with Gasteiger partial charge in [-0.1, -0.05) is 0 Å². The van der Waals surface area contributed by atoms with Crippen LogP contribution in [0.1, 0.15) is 0 Å². The summed E-state index contributed by atoms with van der Waals surface area (Å²) in [6, 6.07) is 0. The Morgan fingerprint density at radius 2 is 0.529 bits per heavy atom. The molecule has 0 aromatic carbocycles. The number of nitrogens with one attached hydrogen (secondary N) is 4. The predicted molar refractivity (Wildman–Crippen MR) is 70.7 cm³/mol. The van der Waals surface area contributed by atoms with Crippen LogP contribution in [0.4, 0.5) is 0 Å². The third-order valence-electron chi connectivity index (χ3n) is 2.25. The fourth-order valence-corrected chi connectivity index (χ4v) is 1.000. The van der Waals surface area contributed by atoms with Crippen molar-refractivity contribution in [2.45, 2.75) is 0 Å². The van der Waals surface area contributed by atoms with Gasteiger partial charge in [0.2, 0.25) is 0 Å². The second kappa shape index (κ2) is 14.9. The maximum absolute atomic E-state index is 2.18. The Morgan fingerprint density at radius 1 is 0.412 bits per heavy atom. The SMILES string of the molecule is C[NH+](C)CC[NH+](C)C.C[NH+](C)CC[NH+](C)C.[Na+]. The van der Waals surface area contributed by atoms with E-state index in [1.807, 2.05) is 0 Å². The number of likely N-dealkylation sites (N-methyl/N-ethyl adjacent to an activating group) is 4. The second-order valence-electron chi connectivity index (χ2n) is 5.83. The maximum Gasteiger partial charge on any atom is 1.00 e. The van der Waals surface area contributed by atoms with E-state index in [0.29, 0.717) is 0 Å². The van der Waals surface area contributed by atoms with E-state index in [0.717, 1.165) is 0 Å². The molecule has 0 saturated heterocycles. The quantitative estimate of drug-likeness (QED) is 0.340. The summed E-state index contributed by atoms with van der Waals surface area (Å²) in [6.07, 6.45) is 0. The summed E-state index contributed by atoms with van der Waals surface area (Å²) in [5.41, 5.74) is 0. The van der Waals surface area contributed by atoms with Crippen molar-refractivity contribution in [3.05, 3.63) is 0 Å². The standard InChI is InChI=1S/2C6H16N2.Na/c2*1-7(2)5-6-8(3)4;/h2*5-6H2,1-4H3;/q;;+1/p+4. The fraction of sp³-hybridized carbons (Fsp3) is 1.00. The van der Waals surface area contributed by atoms with E-state index in [1.54, 1.807) is 0 Å². The molecule has 0 atom stereocenters. The molecule has 0 bridgehead atoms. The number of quaternary nitrogens is 4. The smallest absolute Gasteiger partial charge is 0.335 e. The Labute approximate surface area is 131 Å². The molecule has 100 valence electrons. The Bertz CT molecular complexity index is 106. The molecule has 0 heterocycles. The molecule has 0 aliphatic rings. The zero-order valence-corrected chi connectivity index (χ0v) is 15.8. The number of rotatable bonds is 6.